The van der Waals surface area contributed by atoms with Crippen molar-refractivity contribution < 1.29 is 9.53 Å². The van der Waals surface area contributed by atoms with E-state index in [2.05, 4.69) is 14.7 Å². The first-order chi connectivity index (χ1) is 9.60. The summed E-state index contributed by atoms with van der Waals surface area (Å²) in [7, 11) is 1.28. The number of hydrogen-bond donors (Lipinski definition) is 1. The lowest BCUT2D eigenvalue weighted by Crippen LogP contribution is -2.25. The van der Waals surface area contributed by atoms with Crippen LogP contribution in [0.1, 0.15) is 5.56 Å². The molecular weight excluding hydrogens is 258 g/mol. The van der Waals surface area contributed by atoms with E-state index in [9.17, 15) is 9.59 Å². The van der Waals surface area contributed by atoms with Crippen LogP contribution in [0.3, 0.4) is 0 Å². The molecular formula is C14H13N3O3. The standard InChI is InChI=1S/C14H13N3O3/c1-8-3-4-10-9(5-8)12-13(16-10)14(19)17(7-15-12)6-11(18)20-2/h3-5,7,16H,6H2,1-2H3. The normalized spacial score (nSPS) is 11.1. The summed E-state index contributed by atoms with van der Waals surface area (Å²) in [4.78, 5) is 30.9. The molecule has 6 nitrogen and oxygen atoms in total. The summed E-state index contributed by atoms with van der Waals surface area (Å²) in [6, 6.07) is 5.85. The van der Waals surface area contributed by atoms with E-state index >= 15 is 0 Å². The van der Waals surface area contributed by atoms with E-state index in [1.807, 2.05) is 25.1 Å². The fourth-order valence-electron chi connectivity index (χ4n) is 2.22. The predicted octanol–water partition coefficient (Wildman–Crippen LogP) is 1.36. The highest BCUT2D eigenvalue weighted by molar-refractivity contribution is 6.04. The number of esters is 1. The summed E-state index contributed by atoms with van der Waals surface area (Å²) in [5, 5.41) is 0.905. The van der Waals surface area contributed by atoms with Crippen LogP contribution in [0.15, 0.2) is 29.3 Å². The van der Waals surface area contributed by atoms with Crippen molar-refractivity contribution in [3.8, 4) is 0 Å². The van der Waals surface area contributed by atoms with Crippen LogP contribution in [-0.4, -0.2) is 27.6 Å². The number of hydrogen-bond acceptors (Lipinski definition) is 4. The van der Waals surface area contributed by atoms with Gasteiger partial charge in [-0.15, -0.1) is 0 Å². The lowest BCUT2D eigenvalue weighted by Gasteiger charge is -2.02. The lowest BCUT2D eigenvalue weighted by molar-refractivity contribution is -0.141. The Morgan fingerprint density at radius 1 is 1.45 bits per heavy atom. The van der Waals surface area contributed by atoms with Gasteiger partial charge in [0.15, 0.2) is 0 Å². The van der Waals surface area contributed by atoms with Gasteiger partial charge in [0.05, 0.1) is 13.4 Å². The maximum atomic E-state index is 12.3. The fraction of sp³-hybridized carbons (Fsp3) is 0.214. The lowest BCUT2D eigenvalue weighted by atomic mass is 10.2. The molecule has 0 aliphatic carbocycles. The molecule has 0 atom stereocenters. The van der Waals surface area contributed by atoms with E-state index in [0.717, 1.165) is 16.5 Å². The van der Waals surface area contributed by atoms with Crippen LogP contribution >= 0.6 is 0 Å². The first-order valence-electron chi connectivity index (χ1n) is 6.14. The summed E-state index contributed by atoms with van der Waals surface area (Å²) in [6.07, 6.45) is 1.37. The van der Waals surface area contributed by atoms with Gasteiger partial charge >= 0.3 is 5.97 Å². The van der Waals surface area contributed by atoms with Gasteiger partial charge in [0.1, 0.15) is 17.6 Å². The molecule has 0 saturated carbocycles. The van der Waals surface area contributed by atoms with Gasteiger partial charge in [-0.2, -0.15) is 0 Å². The van der Waals surface area contributed by atoms with Crippen molar-refractivity contribution in [1.82, 2.24) is 14.5 Å². The van der Waals surface area contributed by atoms with Crippen molar-refractivity contribution in [3.05, 3.63) is 40.4 Å². The third-order valence-electron chi connectivity index (χ3n) is 3.25. The van der Waals surface area contributed by atoms with Gasteiger partial charge in [0, 0.05) is 10.9 Å². The Balaban J connectivity index is 2.25. The molecule has 0 saturated heterocycles. The highest BCUT2D eigenvalue weighted by Crippen LogP contribution is 2.22. The number of aromatic amines is 1. The number of ether oxygens (including phenoxy) is 1. The minimum Gasteiger partial charge on any atom is -0.468 e. The molecule has 20 heavy (non-hydrogen) atoms. The number of nitrogens with zero attached hydrogens (tertiary/aromatic N) is 2. The largest absolute Gasteiger partial charge is 0.468 e. The van der Waals surface area contributed by atoms with Gasteiger partial charge in [0.2, 0.25) is 0 Å². The van der Waals surface area contributed by atoms with Crippen molar-refractivity contribution in [2.24, 2.45) is 0 Å². The summed E-state index contributed by atoms with van der Waals surface area (Å²) >= 11 is 0. The van der Waals surface area contributed by atoms with Gasteiger partial charge in [-0.05, 0) is 19.1 Å². The number of nitrogens with one attached hydrogen (secondary N) is 1. The van der Waals surface area contributed by atoms with Crippen LogP contribution in [0.25, 0.3) is 21.9 Å². The van der Waals surface area contributed by atoms with Crippen molar-refractivity contribution in [2.45, 2.75) is 13.5 Å². The molecule has 0 aliphatic rings. The molecule has 0 bridgehead atoms. The van der Waals surface area contributed by atoms with Gasteiger partial charge in [-0.25, -0.2) is 4.98 Å². The van der Waals surface area contributed by atoms with Crippen molar-refractivity contribution >= 4 is 27.9 Å². The molecule has 0 spiro atoms. The van der Waals surface area contributed by atoms with Gasteiger partial charge in [-0.3, -0.25) is 14.2 Å². The van der Waals surface area contributed by atoms with E-state index in [4.69, 9.17) is 0 Å². The first kappa shape index (κ1) is 12.4. The van der Waals surface area contributed by atoms with Gasteiger partial charge in [0.25, 0.3) is 5.56 Å². The van der Waals surface area contributed by atoms with Crippen LogP contribution in [0, 0.1) is 6.92 Å². The van der Waals surface area contributed by atoms with E-state index in [-0.39, 0.29) is 12.1 Å². The van der Waals surface area contributed by atoms with Crippen LogP contribution in [0.5, 0.6) is 0 Å². The number of benzene rings is 1. The topological polar surface area (TPSA) is 77.0 Å². The Hall–Kier alpha value is -2.63. The maximum absolute atomic E-state index is 12.3. The molecule has 1 aromatic carbocycles. The molecule has 1 N–H and O–H groups in total. The molecule has 102 valence electrons. The molecule has 2 aromatic heterocycles. The van der Waals surface area contributed by atoms with Crippen molar-refractivity contribution in [2.75, 3.05) is 7.11 Å². The summed E-state index contributed by atoms with van der Waals surface area (Å²) < 4.78 is 5.79. The second kappa shape index (κ2) is 4.48. The molecule has 0 amide bonds. The van der Waals surface area contributed by atoms with E-state index in [1.165, 1.54) is 18.0 Å². The van der Waals surface area contributed by atoms with E-state index in [1.54, 1.807) is 0 Å². The smallest absolute Gasteiger partial charge is 0.325 e. The summed E-state index contributed by atoms with van der Waals surface area (Å²) in [5.41, 5.74) is 2.69. The minimum atomic E-state index is -0.486. The molecule has 0 radical (unpaired) electrons. The quantitative estimate of drug-likeness (QED) is 0.714. The summed E-state index contributed by atoms with van der Waals surface area (Å²) in [5.74, 6) is -0.486. The minimum absolute atomic E-state index is 0.146. The van der Waals surface area contributed by atoms with Crippen LogP contribution in [0.2, 0.25) is 0 Å². The zero-order valence-corrected chi connectivity index (χ0v) is 11.1. The Morgan fingerprint density at radius 3 is 3.00 bits per heavy atom. The predicted molar refractivity (Wildman–Crippen MR) is 74.6 cm³/mol. The highest BCUT2D eigenvalue weighted by Gasteiger charge is 2.12. The number of fused-ring (bicyclic) bond motifs is 3. The molecule has 0 unspecified atom stereocenters. The van der Waals surface area contributed by atoms with Crippen molar-refractivity contribution in [3.63, 3.8) is 0 Å². The Morgan fingerprint density at radius 2 is 2.25 bits per heavy atom. The van der Waals surface area contributed by atoms with Crippen molar-refractivity contribution in [1.29, 1.82) is 0 Å². The monoisotopic (exact) mass is 271 g/mol. The van der Waals surface area contributed by atoms with E-state index < -0.39 is 5.97 Å². The second-order valence-corrected chi connectivity index (χ2v) is 4.65. The Bertz CT molecular complexity index is 876. The second-order valence-electron chi connectivity index (χ2n) is 4.65. The third kappa shape index (κ3) is 1.85. The Labute approximate surface area is 114 Å². The fourth-order valence-corrected chi connectivity index (χ4v) is 2.22. The number of carbonyl (C=O) groups excluding carboxylic acids is 1. The van der Waals surface area contributed by atoms with Crippen LogP contribution < -0.4 is 5.56 Å². The SMILES string of the molecule is COC(=O)Cn1cnc2c([nH]c3ccc(C)cc32)c1=O. The average molecular weight is 271 g/mol. The van der Waals surface area contributed by atoms with Gasteiger partial charge in [-0.1, -0.05) is 11.6 Å². The number of H-pyrrole nitrogens is 1. The molecule has 0 aliphatic heterocycles. The third-order valence-corrected chi connectivity index (χ3v) is 3.25. The Kier molecular flexibility index (Phi) is 2.78. The molecule has 2 heterocycles. The number of carbonyl (C=O) groups is 1. The summed E-state index contributed by atoms with van der Waals surface area (Å²) in [6.45, 7) is 1.84. The maximum Gasteiger partial charge on any atom is 0.325 e. The van der Waals surface area contributed by atoms with Gasteiger partial charge < -0.3 is 9.72 Å². The van der Waals surface area contributed by atoms with E-state index in [0.29, 0.717) is 11.0 Å². The molecule has 6 heteroatoms. The zero-order chi connectivity index (χ0) is 14.3. The molecule has 0 fully saturated rings. The molecule has 3 rings (SSSR count). The first-order valence-corrected chi connectivity index (χ1v) is 6.14. The number of aryl methyl sites for hydroxylation is 1. The number of methoxy groups -OCH3 is 1. The number of rotatable bonds is 2. The molecule has 3 aromatic rings. The zero-order valence-electron chi connectivity index (χ0n) is 11.1. The van der Waals surface area contributed by atoms with Crippen LogP contribution in [-0.2, 0) is 16.1 Å². The van der Waals surface area contributed by atoms with Crippen LogP contribution in [0.4, 0.5) is 0 Å². The highest BCUT2D eigenvalue weighted by atomic mass is 16.5. The number of aromatic nitrogens is 3. The average Bonchev–Trinajstić information content (AvgIpc) is 2.80.